The van der Waals surface area contributed by atoms with Gasteiger partial charge in [-0.15, -0.1) is 10.2 Å². The van der Waals surface area contributed by atoms with Crippen molar-refractivity contribution in [3.8, 4) is 11.1 Å². The topological polar surface area (TPSA) is 72.2 Å². The highest BCUT2D eigenvalue weighted by molar-refractivity contribution is 9.10. The molecule has 134 valence electrons. The first-order valence-electron chi connectivity index (χ1n) is 8.39. The number of amides is 1. The Balaban J connectivity index is 1.77. The van der Waals surface area contributed by atoms with Crippen molar-refractivity contribution in [2.45, 2.75) is 13.8 Å². The van der Waals surface area contributed by atoms with E-state index >= 15 is 0 Å². The normalized spacial score (nSPS) is 10.9. The fraction of sp³-hybridized carbons (Fsp3) is 0.100. The number of nitrogens with zero attached hydrogens (tertiary/aromatic N) is 4. The van der Waals surface area contributed by atoms with Crippen LogP contribution in [0.15, 0.2) is 59.1 Å². The van der Waals surface area contributed by atoms with Gasteiger partial charge in [-0.2, -0.15) is 5.10 Å². The lowest BCUT2D eigenvalue weighted by Crippen LogP contribution is -2.18. The van der Waals surface area contributed by atoms with Crippen molar-refractivity contribution in [2.24, 2.45) is 0 Å². The lowest BCUT2D eigenvalue weighted by Gasteiger charge is -2.07. The van der Waals surface area contributed by atoms with E-state index in [1.165, 1.54) is 0 Å². The third-order valence-electron chi connectivity index (χ3n) is 4.32. The number of carbonyl (C=O) groups excluding carboxylic acids is 1. The lowest BCUT2D eigenvalue weighted by atomic mass is 10.1. The number of benzene rings is 2. The maximum atomic E-state index is 12.6. The molecule has 2 aromatic heterocycles. The van der Waals surface area contributed by atoms with E-state index in [-0.39, 0.29) is 11.6 Å². The van der Waals surface area contributed by atoms with Gasteiger partial charge in [-0.1, -0.05) is 46.3 Å². The quantitative estimate of drug-likeness (QED) is 0.531. The molecule has 0 unspecified atom stereocenters. The van der Waals surface area contributed by atoms with Crippen LogP contribution in [0.1, 0.15) is 21.9 Å². The molecule has 0 aliphatic carbocycles. The standard InChI is InChI=1S/C20H16BrN5O/c1-12-17(14-8-10-15(21)11-9-14)19-24-23-18(13(2)26(19)25-12)20(27)22-16-6-4-3-5-7-16/h3-11H,1-2H3,(H,22,27). The molecule has 2 aromatic carbocycles. The van der Waals surface area contributed by atoms with Gasteiger partial charge in [0.05, 0.1) is 17.0 Å². The van der Waals surface area contributed by atoms with Crippen LogP contribution in [0.4, 0.5) is 5.69 Å². The van der Waals surface area contributed by atoms with Crippen molar-refractivity contribution in [3.63, 3.8) is 0 Å². The van der Waals surface area contributed by atoms with E-state index in [1.807, 2.05) is 68.4 Å². The molecule has 4 rings (SSSR count). The minimum absolute atomic E-state index is 0.246. The van der Waals surface area contributed by atoms with Gasteiger partial charge in [0.15, 0.2) is 11.3 Å². The molecule has 0 saturated carbocycles. The number of hydrogen-bond donors (Lipinski definition) is 1. The summed E-state index contributed by atoms with van der Waals surface area (Å²) in [6.07, 6.45) is 0. The van der Waals surface area contributed by atoms with Gasteiger partial charge < -0.3 is 5.32 Å². The Kier molecular flexibility index (Phi) is 4.45. The Morgan fingerprint density at radius 1 is 1.00 bits per heavy atom. The Morgan fingerprint density at radius 2 is 1.70 bits per heavy atom. The first kappa shape index (κ1) is 17.4. The zero-order valence-electron chi connectivity index (χ0n) is 14.8. The van der Waals surface area contributed by atoms with E-state index in [0.717, 1.165) is 21.3 Å². The first-order chi connectivity index (χ1) is 13.0. The number of aryl methyl sites for hydroxylation is 2. The molecule has 7 heteroatoms. The van der Waals surface area contributed by atoms with Gasteiger partial charge in [0, 0.05) is 10.2 Å². The molecule has 0 spiro atoms. The second kappa shape index (κ2) is 6.92. The summed E-state index contributed by atoms with van der Waals surface area (Å²) in [6.45, 7) is 3.74. The van der Waals surface area contributed by atoms with Gasteiger partial charge in [-0.25, -0.2) is 4.52 Å². The van der Waals surface area contributed by atoms with Crippen molar-refractivity contribution >= 4 is 33.2 Å². The number of halogens is 1. The highest BCUT2D eigenvalue weighted by Crippen LogP contribution is 2.28. The number of fused-ring (bicyclic) bond motifs is 1. The number of aromatic nitrogens is 4. The highest BCUT2D eigenvalue weighted by atomic mass is 79.9. The summed E-state index contributed by atoms with van der Waals surface area (Å²) in [7, 11) is 0. The summed E-state index contributed by atoms with van der Waals surface area (Å²) in [5.41, 5.74) is 4.96. The molecule has 0 aliphatic rings. The zero-order chi connectivity index (χ0) is 19.0. The molecule has 1 N–H and O–H groups in total. The molecule has 0 aliphatic heterocycles. The number of para-hydroxylation sites is 1. The Bertz CT molecular complexity index is 1140. The second-order valence-electron chi connectivity index (χ2n) is 6.16. The van der Waals surface area contributed by atoms with Crippen LogP contribution in [0.25, 0.3) is 16.8 Å². The Morgan fingerprint density at radius 3 is 2.41 bits per heavy atom. The fourth-order valence-electron chi connectivity index (χ4n) is 2.99. The largest absolute Gasteiger partial charge is 0.321 e. The van der Waals surface area contributed by atoms with Gasteiger partial charge in [0.25, 0.3) is 5.91 Å². The van der Waals surface area contributed by atoms with Gasteiger partial charge in [0.1, 0.15) is 0 Å². The van der Waals surface area contributed by atoms with E-state index in [1.54, 1.807) is 4.52 Å². The summed E-state index contributed by atoms with van der Waals surface area (Å²) in [6, 6.07) is 17.2. The zero-order valence-corrected chi connectivity index (χ0v) is 16.4. The second-order valence-corrected chi connectivity index (χ2v) is 7.07. The highest BCUT2D eigenvalue weighted by Gasteiger charge is 2.20. The molecule has 0 radical (unpaired) electrons. The molecule has 4 aromatic rings. The van der Waals surface area contributed by atoms with Gasteiger partial charge >= 0.3 is 0 Å². The molecule has 0 fully saturated rings. The molecule has 6 nitrogen and oxygen atoms in total. The van der Waals surface area contributed by atoms with Crippen molar-refractivity contribution in [3.05, 3.63) is 76.2 Å². The molecular formula is C20H16BrN5O. The van der Waals surface area contributed by atoms with Crippen molar-refractivity contribution < 1.29 is 4.79 Å². The average Bonchev–Trinajstić information content (AvgIpc) is 3.00. The van der Waals surface area contributed by atoms with E-state index in [4.69, 9.17) is 0 Å². The Labute approximate surface area is 164 Å². The summed E-state index contributed by atoms with van der Waals surface area (Å²) >= 11 is 3.45. The predicted molar refractivity (Wildman–Crippen MR) is 108 cm³/mol. The third kappa shape index (κ3) is 3.21. The Hall–Kier alpha value is -3.06. The van der Waals surface area contributed by atoms with Crippen molar-refractivity contribution in [1.82, 2.24) is 19.8 Å². The summed E-state index contributed by atoms with van der Waals surface area (Å²) in [5, 5.41) is 15.9. The maximum absolute atomic E-state index is 12.6. The molecule has 27 heavy (non-hydrogen) atoms. The molecule has 0 atom stereocenters. The van der Waals surface area contributed by atoms with Gasteiger partial charge in [-0.05, 0) is 43.7 Å². The molecule has 0 bridgehead atoms. The minimum atomic E-state index is -0.313. The maximum Gasteiger partial charge on any atom is 0.278 e. The van der Waals surface area contributed by atoms with Crippen LogP contribution in [0.2, 0.25) is 0 Å². The lowest BCUT2D eigenvalue weighted by molar-refractivity contribution is 0.102. The molecule has 1 amide bonds. The van der Waals surface area contributed by atoms with E-state index in [0.29, 0.717) is 17.0 Å². The predicted octanol–water partition coefficient (Wildman–Crippen LogP) is 4.42. The average molecular weight is 422 g/mol. The number of rotatable bonds is 3. The van der Waals surface area contributed by atoms with Crippen LogP contribution in [0, 0.1) is 13.8 Å². The minimum Gasteiger partial charge on any atom is -0.321 e. The van der Waals surface area contributed by atoms with Crippen LogP contribution in [0.5, 0.6) is 0 Å². The van der Waals surface area contributed by atoms with Crippen LogP contribution in [-0.2, 0) is 0 Å². The fourth-order valence-corrected chi connectivity index (χ4v) is 3.25. The van der Waals surface area contributed by atoms with Crippen LogP contribution >= 0.6 is 15.9 Å². The van der Waals surface area contributed by atoms with Crippen molar-refractivity contribution in [2.75, 3.05) is 5.32 Å². The molecule has 2 heterocycles. The number of hydrogen-bond acceptors (Lipinski definition) is 4. The van der Waals surface area contributed by atoms with E-state index < -0.39 is 0 Å². The molecular weight excluding hydrogens is 406 g/mol. The third-order valence-corrected chi connectivity index (χ3v) is 4.85. The van der Waals surface area contributed by atoms with Crippen LogP contribution in [-0.4, -0.2) is 25.7 Å². The van der Waals surface area contributed by atoms with Crippen LogP contribution < -0.4 is 5.32 Å². The monoisotopic (exact) mass is 421 g/mol. The smallest absolute Gasteiger partial charge is 0.278 e. The SMILES string of the molecule is Cc1nn2c(C)c(C(=O)Nc3ccccc3)nnc2c1-c1ccc(Br)cc1. The van der Waals surface area contributed by atoms with E-state index in [2.05, 4.69) is 36.5 Å². The number of nitrogens with one attached hydrogen (secondary N) is 1. The van der Waals surface area contributed by atoms with Crippen LogP contribution in [0.3, 0.4) is 0 Å². The van der Waals surface area contributed by atoms with Gasteiger partial charge in [-0.3, -0.25) is 4.79 Å². The van der Waals surface area contributed by atoms with Gasteiger partial charge in [0.2, 0.25) is 0 Å². The number of carbonyl (C=O) groups is 1. The molecule has 0 saturated heterocycles. The van der Waals surface area contributed by atoms with E-state index in [9.17, 15) is 4.79 Å². The summed E-state index contributed by atoms with van der Waals surface area (Å²) in [4.78, 5) is 12.6. The summed E-state index contributed by atoms with van der Waals surface area (Å²) in [5.74, 6) is -0.313. The van der Waals surface area contributed by atoms with Crippen molar-refractivity contribution in [1.29, 1.82) is 0 Å². The number of anilines is 1. The first-order valence-corrected chi connectivity index (χ1v) is 9.19. The summed E-state index contributed by atoms with van der Waals surface area (Å²) < 4.78 is 2.68.